The number of rotatable bonds is 8. The number of azide groups is 1. The Balaban J connectivity index is 1.67. The Labute approximate surface area is 211 Å². The van der Waals surface area contributed by atoms with E-state index in [1.807, 2.05) is 34.9 Å². The van der Waals surface area contributed by atoms with Crippen LogP contribution in [-0.2, 0) is 16.1 Å². The van der Waals surface area contributed by atoms with Gasteiger partial charge in [-0.05, 0) is 66.5 Å². The summed E-state index contributed by atoms with van der Waals surface area (Å²) in [4.78, 5) is 20.9. The number of fused-ring (bicyclic) bond motifs is 1. The maximum Gasteiger partial charge on any atom is 0.326 e. The van der Waals surface area contributed by atoms with E-state index in [1.165, 1.54) is 6.42 Å². The zero-order valence-electron chi connectivity index (χ0n) is 20.9. The summed E-state index contributed by atoms with van der Waals surface area (Å²) >= 11 is 0. The molecule has 8 nitrogen and oxygen atoms in total. The van der Waals surface area contributed by atoms with Gasteiger partial charge in [0.05, 0.1) is 16.7 Å². The maximum absolute atomic E-state index is 13.2. The van der Waals surface area contributed by atoms with Gasteiger partial charge < -0.3 is 14.0 Å². The molecule has 1 aliphatic rings. The average molecular weight is 486 g/mol. The standard InChI is InChI=1S/C28H31N5O3/c1-5-14-35-25-13-11-20(16-23(25)31-32-29)28-30-22-8-6-7-9-24(22)33(28)17-27(34)36-26-15-19(4)10-12-21(26)18(2)3/h1,6-9,11,13,16,18-19,21,26H,10,12,14-15,17H2,2-4H3/t19-,21+,26?/m1/s1. The van der Waals surface area contributed by atoms with Crippen LogP contribution in [0.5, 0.6) is 5.75 Å². The van der Waals surface area contributed by atoms with Crippen molar-refractivity contribution < 1.29 is 14.3 Å². The zero-order valence-corrected chi connectivity index (χ0v) is 20.9. The van der Waals surface area contributed by atoms with E-state index in [0.29, 0.717) is 40.6 Å². The smallest absolute Gasteiger partial charge is 0.326 e. The summed E-state index contributed by atoms with van der Waals surface area (Å²) in [5.41, 5.74) is 11.6. The van der Waals surface area contributed by atoms with Crippen LogP contribution < -0.4 is 4.74 Å². The van der Waals surface area contributed by atoms with E-state index in [0.717, 1.165) is 23.9 Å². The van der Waals surface area contributed by atoms with Crippen LogP contribution in [0.2, 0.25) is 0 Å². The second kappa shape index (κ2) is 11.2. The molecule has 0 spiro atoms. The van der Waals surface area contributed by atoms with Gasteiger partial charge in [0.15, 0.2) is 0 Å². The molecule has 1 unspecified atom stereocenters. The predicted molar refractivity (Wildman–Crippen MR) is 140 cm³/mol. The minimum absolute atomic E-state index is 0.0255. The van der Waals surface area contributed by atoms with Crippen molar-refractivity contribution in [3.63, 3.8) is 0 Å². The Kier molecular flexibility index (Phi) is 7.82. The van der Waals surface area contributed by atoms with Crippen LogP contribution in [-0.4, -0.2) is 28.2 Å². The van der Waals surface area contributed by atoms with Gasteiger partial charge >= 0.3 is 5.97 Å². The SMILES string of the molecule is C#CCOc1ccc(-c2nc3ccccc3n2CC(=O)OC2C[C@H](C)CC[C@H]2C(C)C)cc1N=[N+]=[N-]. The van der Waals surface area contributed by atoms with Crippen molar-refractivity contribution in [3.05, 3.63) is 52.9 Å². The van der Waals surface area contributed by atoms with E-state index in [1.54, 1.807) is 12.1 Å². The number of para-hydroxylation sites is 2. The highest BCUT2D eigenvalue weighted by Crippen LogP contribution is 2.36. The van der Waals surface area contributed by atoms with Crippen LogP contribution in [0.25, 0.3) is 32.9 Å². The fourth-order valence-corrected chi connectivity index (χ4v) is 5.07. The molecule has 4 rings (SSSR count). The normalized spacial score (nSPS) is 19.5. The Bertz CT molecular complexity index is 1330. The molecule has 0 aliphatic heterocycles. The number of hydrogen-bond acceptors (Lipinski definition) is 5. The Morgan fingerprint density at radius 1 is 1.31 bits per heavy atom. The number of imidazole rings is 1. The van der Waals surface area contributed by atoms with Gasteiger partial charge in [-0.2, -0.15) is 0 Å². The lowest BCUT2D eigenvalue weighted by molar-refractivity contribution is -0.156. The second-order valence-electron chi connectivity index (χ2n) is 9.73. The molecule has 1 saturated carbocycles. The molecule has 1 aromatic heterocycles. The Morgan fingerprint density at radius 3 is 2.86 bits per heavy atom. The van der Waals surface area contributed by atoms with E-state index in [4.69, 9.17) is 26.4 Å². The van der Waals surface area contributed by atoms with Gasteiger partial charge in [0.1, 0.15) is 30.8 Å². The van der Waals surface area contributed by atoms with Crippen LogP contribution in [0.1, 0.15) is 40.0 Å². The molecule has 0 radical (unpaired) electrons. The summed E-state index contributed by atoms with van der Waals surface area (Å²) in [6.07, 6.45) is 8.35. The number of terminal acetylenes is 1. The van der Waals surface area contributed by atoms with Crippen LogP contribution in [0, 0.1) is 30.1 Å². The summed E-state index contributed by atoms with van der Waals surface area (Å²) < 4.78 is 13.4. The third-order valence-electron chi connectivity index (χ3n) is 6.87. The number of carbonyl (C=O) groups is 1. The molecular weight excluding hydrogens is 454 g/mol. The molecule has 8 heteroatoms. The van der Waals surface area contributed by atoms with E-state index >= 15 is 0 Å². The highest BCUT2D eigenvalue weighted by atomic mass is 16.5. The molecule has 0 amide bonds. The van der Waals surface area contributed by atoms with Gasteiger partial charge in [-0.25, -0.2) is 4.98 Å². The second-order valence-corrected chi connectivity index (χ2v) is 9.73. The molecule has 0 N–H and O–H groups in total. The minimum atomic E-state index is -0.284. The third kappa shape index (κ3) is 5.48. The molecular formula is C28H31N5O3. The first-order valence-corrected chi connectivity index (χ1v) is 12.3. The van der Waals surface area contributed by atoms with Crippen LogP contribution in [0.3, 0.4) is 0 Å². The number of esters is 1. The number of ether oxygens (including phenoxy) is 2. The molecule has 36 heavy (non-hydrogen) atoms. The first-order valence-electron chi connectivity index (χ1n) is 12.3. The first-order chi connectivity index (χ1) is 17.4. The lowest BCUT2D eigenvalue weighted by Gasteiger charge is -2.36. The van der Waals surface area contributed by atoms with E-state index in [2.05, 4.69) is 36.7 Å². The molecule has 3 atom stereocenters. The van der Waals surface area contributed by atoms with Gasteiger partial charge in [-0.1, -0.05) is 50.4 Å². The van der Waals surface area contributed by atoms with Crippen molar-refractivity contribution in [2.75, 3.05) is 6.61 Å². The van der Waals surface area contributed by atoms with Crippen molar-refractivity contribution in [1.29, 1.82) is 0 Å². The topological polar surface area (TPSA) is 102 Å². The predicted octanol–water partition coefficient (Wildman–Crippen LogP) is 6.66. The average Bonchev–Trinajstić information content (AvgIpc) is 3.21. The highest BCUT2D eigenvalue weighted by Gasteiger charge is 2.33. The lowest BCUT2D eigenvalue weighted by atomic mass is 9.75. The van der Waals surface area contributed by atoms with Crippen molar-refractivity contribution in [2.24, 2.45) is 22.9 Å². The van der Waals surface area contributed by atoms with Crippen molar-refractivity contribution >= 4 is 22.7 Å². The summed E-state index contributed by atoms with van der Waals surface area (Å²) in [5.74, 6) is 4.43. The van der Waals surface area contributed by atoms with Crippen molar-refractivity contribution in [3.8, 4) is 29.5 Å². The summed E-state index contributed by atoms with van der Waals surface area (Å²) in [5, 5.41) is 3.76. The molecule has 1 aliphatic carbocycles. The monoisotopic (exact) mass is 485 g/mol. The Morgan fingerprint density at radius 2 is 2.11 bits per heavy atom. The summed E-state index contributed by atoms with van der Waals surface area (Å²) in [6.45, 7) is 6.69. The quantitative estimate of drug-likeness (QED) is 0.117. The largest absolute Gasteiger partial charge is 0.480 e. The number of nitrogens with zero attached hydrogens (tertiary/aromatic N) is 5. The Hall–Kier alpha value is -3.95. The molecule has 186 valence electrons. The molecule has 2 aromatic carbocycles. The van der Waals surface area contributed by atoms with Gasteiger partial charge in [0.2, 0.25) is 0 Å². The summed E-state index contributed by atoms with van der Waals surface area (Å²) in [6, 6.07) is 12.8. The molecule has 1 heterocycles. The maximum atomic E-state index is 13.2. The molecule has 0 saturated heterocycles. The van der Waals surface area contributed by atoms with Gasteiger partial charge in [-0.15, -0.1) is 6.42 Å². The van der Waals surface area contributed by atoms with Gasteiger partial charge in [-0.3, -0.25) is 4.79 Å². The zero-order chi connectivity index (χ0) is 25.7. The number of hydrogen-bond donors (Lipinski definition) is 0. The van der Waals surface area contributed by atoms with Crippen molar-refractivity contribution in [2.45, 2.75) is 52.7 Å². The van der Waals surface area contributed by atoms with Crippen LogP contribution >= 0.6 is 0 Å². The highest BCUT2D eigenvalue weighted by molar-refractivity contribution is 5.84. The first kappa shape index (κ1) is 25.2. The fraction of sp³-hybridized carbons (Fsp3) is 0.429. The minimum Gasteiger partial charge on any atom is -0.480 e. The summed E-state index contributed by atoms with van der Waals surface area (Å²) in [7, 11) is 0. The molecule has 3 aromatic rings. The van der Waals surface area contributed by atoms with E-state index < -0.39 is 0 Å². The number of aromatic nitrogens is 2. The molecule has 1 fully saturated rings. The number of benzene rings is 2. The third-order valence-corrected chi connectivity index (χ3v) is 6.87. The lowest BCUT2D eigenvalue weighted by Crippen LogP contribution is -2.36. The molecule has 0 bridgehead atoms. The fourth-order valence-electron chi connectivity index (χ4n) is 5.07. The van der Waals surface area contributed by atoms with Crippen molar-refractivity contribution in [1.82, 2.24) is 9.55 Å². The number of carbonyl (C=O) groups excluding carboxylic acids is 1. The van der Waals surface area contributed by atoms with E-state index in [-0.39, 0.29) is 25.2 Å². The van der Waals surface area contributed by atoms with Gasteiger partial charge in [0, 0.05) is 10.5 Å². The van der Waals surface area contributed by atoms with Crippen LogP contribution in [0.15, 0.2) is 47.6 Å². The van der Waals surface area contributed by atoms with Crippen LogP contribution in [0.4, 0.5) is 5.69 Å². The van der Waals surface area contributed by atoms with Gasteiger partial charge in [0.25, 0.3) is 0 Å². The van der Waals surface area contributed by atoms with E-state index in [9.17, 15) is 4.79 Å².